The van der Waals surface area contributed by atoms with E-state index in [1.165, 1.54) is 0 Å². The summed E-state index contributed by atoms with van der Waals surface area (Å²) in [5.74, 6) is 0.680. The summed E-state index contributed by atoms with van der Waals surface area (Å²) in [6.45, 7) is 9.19. The normalized spacial score (nSPS) is 12.4. The van der Waals surface area contributed by atoms with Gasteiger partial charge in [-0.3, -0.25) is 4.79 Å². The number of carbonyl (C=O) groups excluding carboxylic acids is 2. The number of rotatable bonds is 4. The fraction of sp³-hybridized carbons (Fsp3) is 0.412. The van der Waals surface area contributed by atoms with Crippen LogP contribution >= 0.6 is 0 Å². The second-order valence-corrected chi connectivity index (χ2v) is 6.78. The first-order chi connectivity index (χ1) is 11.6. The highest BCUT2D eigenvalue weighted by Gasteiger charge is 2.17. The van der Waals surface area contributed by atoms with Crippen molar-refractivity contribution in [3.63, 3.8) is 0 Å². The third-order valence-corrected chi connectivity index (χ3v) is 3.15. The average Bonchev–Trinajstić information content (AvgIpc) is 2.92. The van der Waals surface area contributed by atoms with Crippen LogP contribution in [0.1, 0.15) is 55.8 Å². The van der Waals surface area contributed by atoms with Crippen molar-refractivity contribution in [1.29, 1.82) is 0 Å². The van der Waals surface area contributed by atoms with Crippen LogP contribution in [-0.2, 0) is 0 Å². The highest BCUT2D eigenvalue weighted by Crippen LogP contribution is 2.13. The van der Waals surface area contributed by atoms with E-state index in [9.17, 15) is 9.59 Å². The molecule has 0 spiro atoms. The van der Waals surface area contributed by atoms with Gasteiger partial charge >= 0.3 is 6.03 Å². The van der Waals surface area contributed by atoms with Gasteiger partial charge in [0.1, 0.15) is 6.04 Å². The quantitative estimate of drug-likeness (QED) is 0.789. The molecule has 2 aromatic rings. The van der Waals surface area contributed by atoms with E-state index in [0.29, 0.717) is 23.0 Å². The van der Waals surface area contributed by atoms with Crippen LogP contribution < -0.4 is 16.0 Å². The number of carbonyl (C=O) groups is 2. The van der Waals surface area contributed by atoms with Gasteiger partial charge in [0.25, 0.3) is 5.91 Å². The molecule has 0 saturated heterocycles. The van der Waals surface area contributed by atoms with Crippen LogP contribution in [0.3, 0.4) is 0 Å². The predicted octanol–water partition coefficient (Wildman–Crippen LogP) is 2.79. The molecule has 1 aromatic heterocycles. The van der Waals surface area contributed by atoms with E-state index in [0.717, 1.165) is 0 Å². The molecule has 8 nitrogen and oxygen atoms in total. The maximum atomic E-state index is 12.1. The Kier molecular flexibility index (Phi) is 5.41. The lowest BCUT2D eigenvalue weighted by Gasteiger charge is -2.20. The summed E-state index contributed by atoms with van der Waals surface area (Å²) < 4.78 is 5.01. The molecule has 0 bridgehead atoms. The zero-order chi connectivity index (χ0) is 18.6. The van der Waals surface area contributed by atoms with Gasteiger partial charge in [0, 0.05) is 16.8 Å². The summed E-state index contributed by atoms with van der Waals surface area (Å²) in [5.41, 5.74) is 0.784. The maximum Gasteiger partial charge on any atom is 0.319 e. The minimum absolute atomic E-state index is 0.163. The molecular formula is C17H23N5O3. The number of hydrogen-bond donors (Lipinski definition) is 3. The fourth-order valence-electron chi connectivity index (χ4n) is 2.03. The van der Waals surface area contributed by atoms with E-state index in [-0.39, 0.29) is 11.4 Å². The van der Waals surface area contributed by atoms with Gasteiger partial charge in [0.15, 0.2) is 5.82 Å². The summed E-state index contributed by atoms with van der Waals surface area (Å²) in [6.07, 6.45) is 0. The highest BCUT2D eigenvalue weighted by atomic mass is 16.5. The summed E-state index contributed by atoms with van der Waals surface area (Å²) in [5, 5.41) is 12.0. The van der Waals surface area contributed by atoms with E-state index in [4.69, 9.17) is 4.52 Å². The lowest BCUT2D eigenvalue weighted by atomic mass is 10.1. The molecule has 1 aromatic carbocycles. The molecule has 0 unspecified atom stereocenters. The van der Waals surface area contributed by atoms with Gasteiger partial charge in [-0.1, -0.05) is 5.16 Å². The van der Waals surface area contributed by atoms with Crippen molar-refractivity contribution >= 4 is 17.6 Å². The molecule has 0 aliphatic rings. The van der Waals surface area contributed by atoms with Gasteiger partial charge in [0.05, 0.1) is 0 Å². The molecule has 3 amide bonds. The Bertz CT molecular complexity index is 746. The van der Waals surface area contributed by atoms with Crippen molar-refractivity contribution in [3.05, 3.63) is 41.5 Å². The number of urea groups is 1. The van der Waals surface area contributed by atoms with Crippen molar-refractivity contribution in [2.45, 2.75) is 46.2 Å². The minimum Gasteiger partial charge on any atom is -0.347 e. The van der Waals surface area contributed by atoms with Gasteiger partial charge in [-0.05, 0) is 58.9 Å². The van der Waals surface area contributed by atoms with E-state index >= 15 is 0 Å². The standard InChI is InChI=1S/C17H23N5O3/c1-10(15-19-11(2)22-25-15)18-16(24)20-13-8-6-12(7-9-13)14(23)21-17(3,4)5/h6-10H,1-5H3,(H,21,23)(H2,18,20,24)/t10-/m1/s1. The maximum absolute atomic E-state index is 12.1. The van der Waals surface area contributed by atoms with Gasteiger partial charge in [-0.15, -0.1) is 0 Å². The van der Waals surface area contributed by atoms with Gasteiger partial charge in [0.2, 0.25) is 5.89 Å². The van der Waals surface area contributed by atoms with Crippen molar-refractivity contribution in [2.75, 3.05) is 5.32 Å². The number of aryl methyl sites for hydroxylation is 1. The van der Waals surface area contributed by atoms with Gasteiger partial charge in [-0.25, -0.2) is 4.79 Å². The smallest absolute Gasteiger partial charge is 0.319 e. The number of anilines is 1. The van der Waals surface area contributed by atoms with Crippen LogP contribution in [0, 0.1) is 6.92 Å². The first-order valence-electron chi connectivity index (χ1n) is 7.94. The summed E-state index contributed by atoms with van der Waals surface area (Å²) in [6, 6.07) is 5.81. The Morgan fingerprint density at radius 2 is 1.80 bits per heavy atom. The van der Waals surface area contributed by atoms with Crippen LogP contribution in [0.25, 0.3) is 0 Å². The molecule has 0 aliphatic carbocycles. The van der Waals surface area contributed by atoms with E-state index < -0.39 is 12.1 Å². The number of hydrogen-bond acceptors (Lipinski definition) is 5. The molecule has 0 saturated carbocycles. The monoisotopic (exact) mass is 345 g/mol. The van der Waals surface area contributed by atoms with E-state index in [1.807, 2.05) is 20.8 Å². The first kappa shape index (κ1) is 18.4. The fourth-order valence-corrected chi connectivity index (χ4v) is 2.03. The van der Waals surface area contributed by atoms with Crippen molar-refractivity contribution in [1.82, 2.24) is 20.8 Å². The number of benzene rings is 1. The van der Waals surface area contributed by atoms with Crippen LogP contribution in [0.4, 0.5) is 10.5 Å². The van der Waals surface area contributed by atoms with Crippen molar-refractivity contribution in [3.8, 4) is 0 Å². The molecule has 0 radical (unpaired) electrons. The number of amides is 3. The lowest BCUT2D eigenvalue weighted by molar-refractivity contribution is 0.0919. The van der Waals surface area contributed by atoms with Crippen LogP contribution in [0.2, 0.25) is 0 Å². The van der Waals surface area contributed by atoms with Crippen LogP contribution in [-0.4, -0.2) is 27.6 Å². The molecule has 2 rings (SSSR count). The molecule has 134 valence electrons. The predicted molar refractivity (Wildman–Crippen MR) is 93.3 cm³/mol. The highest BCUT2D eigenvalue weighted by molar-refractivity contribution is 5.95. The summed E-state index contributed by atoms with van der Waals surface area (Å²) >= 11 is 0. The van der Waals surface area contributed by atoms with Crippen molar-refractivity contribution < 1.29 is 14.1 Å². The molecular weight excluding hydrogens is 322 g/mol. The van der Waals surface area contributed by atoms with Crippen molar-refractivity contribution in [2.24, 2.45) is 0 Å². The molecule has 25 heavy (non-hydrogen) atoms. The Morgan fingerprint density at radius 1 is 1.16 bits per heavy atom. The number of nitrogens with one attached hydrogen (secondary N) is 3. The number of aromatic nitrogens is 2. The molecule has 0 fully saturated rings. The summed E-state index contributed by atoms with van der Waals surface area (Å²) in [7, 11) is 0. The lowest BCUT2D eigenvalue weighted by Crippen LogP contribution is -2.40. The summed E-state index contributed by atoms with van der Waals surface area (Å²) in [4.78, 5) is 28.1. The second-order valence-electron chi connectivity index (χ2n) is 6.78. The van der Waals surface area contributed by atoms with E-state index in [1.54, 1.807) is 38.1 Å². The topological polar surface area (TPSA) is 109 Å². The average molecular weight is 345 g/mol. The Morgan fingerprint density at radius 3 is 2.32 bits per heavy atom. The zero-order valence-electron chi connectivity index (χ0n) is 15.0. The third-order valence-electron chi connectivity index (χ3n) is 3.15. The molecule has 8 heteroatoms. The molecule has 1 atom stereocenters. The SMILES string of the molecule is Cc1noc([C@@H](C)NC(=O)Nc2ccc(C(=O)NC(C)(C)C)cc2)n1. The largest absolute Gasteiger partial charge is 0.347 e. The van der Waals surface area contributed by atoms with Crippen LogP contribution in [0.5, 0.6) is 0 Å². The number of nitrogens with zero attached hydrogens (tertiary/aromatic N) is 2. The molecule has 0 aliphatic heterocycles. The molecule has 3 N–H and O–H groups in total. The Labute approximate surface area is 146 Å². The van der Waals surface area contributed by atoms with Gasteiger partial charge < -0.3 is 20.5 Å². The Balaban J connectivity index is 1.92. The second kappa shape index (κ2) is 7.33. The van der Waals surface area contributed by atoms with Gasteiger partial charge in [-0.2, -0.15) is 4.98 Å². The third kappa shape index (κ3) is 5.59. The molecule has 1 heterocycles. The Hall–Kier alpha value is -2.90. The minimum atomic E-state index is -0.418. The van der Waals surface area contributed by atoms with Crippen LogP contribution in [0.15, 0.2) is 28.8 Å². The zero-order valence-corrected chi connectivity index (χ0v) is 15.0. The van der Waals surface area contributed by atoms with E-state index in [2.05, 4.69) is 26.1 Å². The first-order valence-corrected chi connectivity index (χ1v) is 7.94.